The van der Waals surface area contributed by atoms with Gasteiger partial charge in [0, 0.05) is 24.1 Å². The van der Waals surface area contributed by atoms with E-state index >= 15 is 0 Å². The number of halogens is 1. The van der Waals surface area contributed by atoms with Gasteiger partial charge in [-0.05, 0) is 17.7 Å². The van der Waals surface area contributed by atoms with Crippen molar-refractivity contribution < 1.29 is 4.52 Å². The van der Waals surface area contributed by atoms with Crippen LogP contribution in [-0.4, -0.2) is 14.7 Å². The summed E-state index contributed by atoms with van der Waals surface area (Å²) in [5, 5.41) is 12.9. The predicted molar refractivity (Wildman–Crippen MR) is 80.4 cm³/mol. The van der Waals surface area contributed by atoms with Crippen LogP contribution in [0.15, 0.2) is 45.5 Å². The molecule has 5 nitrogen and oxygen atoms in total. The van der Waals surface area contributed by atoms with Crippen molar-refractivity contribution in [2.45, 2.75) is 6.42 Å². The number of nitriles is 1. The van der Waals surface area contributed by atoms with Gasteiger partial charge in [0.2, 0.25) is 0 Å². The van der Waals surface area contributed by atoms with Crippen molar-refractivity contribution in [2.24, 2.45) is 7.05 Å². The normalized spacial score (nSPS) is 10.5. The van der Waals surface area contributed by atoms with Crippen LogP contribution in [0.2, 0.25) is 0 Å². The molecule has 21 heavy (non-hydrogen) atoms. The molecule has 3 rings (SSSR count). The molecule has 0 saturated heterocycles. The highest BCUT2D eigenvalue weighted by Gasteiger charge is 2.14. The van der Waals surface area contributed by atoms with Gasteiger partial charge in [0.15, 0.2) is 5.82 Å². The Morgan fingerprint density at radius 2 is 2.19 bits per heavy atom. The SMILES string of the molecule is Cn1cc(C#N)cc1-c1nc(Cc2ccccc2Br)no1. The topological polar surface area (TPSA) is 67.6 Å². The minimum absolute atomic E-state index is 0.418. The highest BCUT2D eigenvalue weighted by molar-refractivity contribution is 9.10. The summed E-state index contributed by atoms with van der Waals surface area (Å²) in [7, 11) is 1.84. The van der Waals surface area contributed by atoms with E-state index in [2.05, 4.69) is 32.1 Å². The average molecular weight is 343 g/mol. The van der Waals surface area contributed by atoms with Crippen LogP contribution in [0.5, 0.6) is 0 Å². The zero-order chi connectivity index (χ0) is 14.8. The Labute approximate surface area is 130 Å². The van der Waals surface area contributed by atoms with E-state index in [0.717, 1.165) is 15.7 Å². The van der Waals surface area contributed by atoms with Crippen LogP contribution in [0.1, 0.15) is 17.0 Å². The molecule has 0 N–H and O–H groups in total. The molecule has 104 valence electrons. The molecule has 0 unspecified atom stereocenters. The quantitative estimate of drug-likeness (QED) is 0.732. The molecule has 2 aromatic heterocycles. The van der Waals surface area contributed by atoms with Crippen LogP contribution in [0.4, 0.5) is 0 Å². The number of rotatable bonds is 3. The Morgan fingerprint density at radius 3 is 2.90 bits per heavy atom. The lowest BCUT2D eigenvalue weighted by atomic mass is 10.1. The van der Waals surface area contributed by atoms with E-state index in [1.165, 1.54) is 0 Å². The van der Waals surface area contributed by atoms with E-state index in [1.807, 2.05) is 31.3 Å². The fraction of sp³-hybridized carbons (Fsp3) is 0.133. The van der Waals surface area contributed by atoms with Gasteiger partial charge in [-0.1, -0.05) is 39.3 Å². The molecule has 0 atom stereocenters. The maximum Gasteiger partial charge on any atom is 0.274 e. The van der Waals surface area contributed by atoms with Crippen LogP contribution < -0.4 is 0 Å². The number of hydrogen-bond acceptors (Lipinski definition) is 4. The number of aromatic nitrogens is 3. The maximum atomic E-state index is 8.92. The lowest BCUT2D eigenvalue weighted by Crippen LogP contribution is -1.93. The number of hydrogen-bond donors (Lipinski definition) is 0. The van der Waals surface area contributed by atoms with Gasteiger partial charge in [-0.25, -0.2) is 0 Å². The minimum atomic E-state index is 0.418. The minimum Gasteiger partial charge on any atom is -0.345 e. The van der Waals surface area contributed by atoms with Gasteiger partial charge in [-0.3, -0.25) is 0 Å². The van der Waals surface area contributed by atoms with E-state index in [9.17, 15) is 0 Å². The fourth-order valence-corrected chi connectivity index (χ4v) is 2.51. The summed E-state index contributed by atoms with van der Waals surface area (Å²) in [6, 6.07) is 11.7. The second-order valence-electron chi connectivity index (χ2n) is 4.62. The third-order valence-corrected chi connectivity index (χ3v) is 3.90. The van der Waals surface area contributed by atoms with Gasteiger partial charge < -0.3 is 9.09 Å². The molecule has 0 aliphatic heterocycles. The summed E-state index contributed by atoms with van der Waals surface area (Å²) in [5.41, 5.74) is 2.39. The van der Waals surface area contributed by atoms with Gasteiger partial charge in [-0.15, -0.1) is 0 Å². The van der Waals surface area contributed by atoms with E-state index in [-0.39, 0.29) is 0 Å². The van der Waals surface area contributed by atoms with Gasteiger partial charge in [-0.2, -0.15) is 10.2 Å². The summed E-state index contributed by atoms with van der Waals surface area (Å²) >= 11 is 3.50. The molecule has 0 aliphatic carbocycles. The second-order valence-corrected chi connectivity index (χ2v) is 5.48. The zero-order valence-electron chi connectivity index (χ0n) is 11.2. The molecule has 0 amide bonds. The first-order valence-corrected chi connectivity index (χ1v) is 7.09. The Balaban J connectivity index is 1.88. The molecule has 2 heterocycles. The summed E-state index contributed by atoms with van der Waals surface area (Å²) in [4.78, 5) is 4.40. The van der Waals surface area contributed by atoms with E-state index in [4.69, 9.17) is 9.78 Å². The van der Waals surface area contributed by atoms with Crippen molar-refractivity contribution in [3.8, 4) is 17.7 Å². The first-order valence-electron chi connectivity index (χ1n) is 6.30. The Kier molecular flexibility index (Phi) is 3.59. The highest BCUT2D eigenvalue weighted by Crippen LogP contribution is 2.22. The van der Waals surface area contributed by atoms with E-state index < -0.39 is 0 Å². The maximum absolute atomic E-state index is 8.92. The molecule has 0 aliphatic rings. The molecule has 6 heteroatoms. The van der Waals surface area contributed by atoms with Crippen molar-refractivity contribution in [2.75, 3.05) is 0 Å². The summed E-state index contributed by atoms with van der Waals surface area (Å²) in [5.74, 6) is 1.03. The molecule has 1 aromatic carbocycles. The van der Waals surface area contributed by atoms with Crippen LogP contribution in [0.25, 0.3) is 11.6 Å². The molecule has 0 radical (unpaired) electrons. The van der Waals surface area contributed by atoms with Gasteiger partial charge in [0.05, 0.1) is 5.56 Å². The van der Waals surface area contributed by atoms with E-state index in [1.54, 1.807) is 16.8 Å². The zero-order valence-corrected chi connectivity index (χ0v) is 12.8. The van der Waals surface area contributed by atoms with Crippen molar-refractivity contribution in [1.82, 2.24) is 14.7 Å². The lowest BCUT2D eigenvalue weighted by molar-refractivity contribution is 0.421. The first kappa shape index (κ1) is 13.6. The summed E-state index contributed by atoms with van der Waals surface area (Å²) < 4.78 is 8.11. The highest BCUT2D eigenvalue weighted by atomic mass is 79.9. The number of benzene rings is 1. The van der Waals surface area contributed by atoms with Crippen molar-refractivity contribution in [1.29, 1.82) is 5.26 Å². The van der Waals surface area contributed by atoms with Gasteiger partial charge in [0.25, 0.3) is 5.89 Å². The predicted octanol–water partition coefficient (Wildman–Crippen LogP) is 3.30. The average Bonchev–Trinajstić information content (AvgIpc) is 3.07. The lowest BCUT2D eigenvalue weighted by Gasteiger charge is -1.99. The van der Waals surface area contributed by atoms with Crippen LogP contribution in [-0.2, 0) is 13.5 Å². The molecule has 0 bridgehead atoms. The smallest absolute Gasteiger partial charge is 0.274 e. The van der Waals surface area contributed by atoms with Crippen molar-refractivity contribution in [3.05, 3.63) is 58.0 Å². The second kappa shape index (κ2) is 5.54. The van der Waals surface area contributed by atoms with Gasteiger partial charge in [0.1, 0.15) is 11.8 Å². The monoisotopic (exact) mass is 342 g/mol. The molecule has 3 aromatic rings. The molecule has 0 saturated carbocycles. The first-order chi connectivity index (χ1) is 10.2. The standard InChI is InChI=1S/C15H11BrN4O/c1-20-9-10(8-17)6-13(20)15-18-14(19-21-15)7-11-4-2-3-5-12(11)16/h2-6,9H,7H2,1H3. The number of nitrogens with zero attached hydrogens (tertiary/aromatic N) is 4. The van der Waals surface area contributed by atoms with Crippen LogP contribution in [0, 0.1) is 11.3 Å². The summed E-state index contributed by atoms with van der Waals surface area (Å²) in [6.45, 7) is 0. The molecule has 0 spiro atoms. The Bertz CT molecular complexity index is 828. The summed E-state index contributed by atoms with van der Waals surface area (Å²) in [6.07, 6.45) is 2.31. The Hall–Kier alpha value is -2.39. The molecular formula is C15H11BrN4O. The molecular weight excluding hydrogens is 332 g/mol. The third kappa shape index (κ3) is 2.73. The van der Waals surface area contributed by atoms with Crippen molar-refractivity contribution in [3.63, 3.8) is 0 Å². The van der Waals surface area contributed by atoms with Crippen molar-refractivity contribution >= 4 is 15.9 Å². The fourth-order valence-electron chi connectivity index (χ4n) is 2.08. The third-order valence-electron chi connectivity index (χ3n) is 3.13. The molecule has 0 fully saturated rings. The van der Waals surface area contributed by atoms with Crippen LogP contribution in [0.3, 0.4) is 0 Å². The largest absolute Gasteiger partial charge is 0.345 e. The van der Waals surface area contributed by atoms with E-state index in [0.29, 0.717) is 23.7 Å². The Morgan fingerprint density at radius 1 is 1.38 bits per heavy atom. The van der Waals surface area contributed by atoms with Gasteiger partial charge >= 0.3 is 0 Å². The number of aryl methyl sites for hydroxylation is 1. The van der Waals surface area contributed by atoms with Crippen LogP contribution >= 0.6 is 15.9 Å².